The van der Waals surface area contributed by atoms with Gasteiger partial charge < -0.3 is 10.1 Å². The van der Waals surface area contributed by atoms with Gasteiger partial charge in [-0.2, -0.15) is 0 Å². The summed E-state index contributed by atoms with van der Waals surface area (Å²) in [5.74, 6) is 1.35. The average Bonchev–Trinajstić information content (AvgIpc) is 3.31. The molecule has 0 unspecified atom stereocenters. The molecule has 0 saturated carbocycles. The zero-order valence-corrected chi connectivity index (χ0v) is 20.2. The van der Waals surface area contributed by atoms with Crippen molar-refractivity contribution >= 4 is 16.6 Å². The van der Waals surface area contributed by atoms with Crippen LogP contribution >= 0.6 is 0 Å². The molecule has 5 aromatic rings. The predicted octanol–water partition coefficient (Wildman–Crippen LogP) is 4.93. The first-order chi connectivity index (χ1) is 17.6. The van der Waals surface area contributed by atoms with Crippen molar-refractivity contribution in [1.82, 2.24) is 20.1 Å². The van der Waals surface area contributed by atoms with Crippen molar-refractivity contribution in [3.05, 3.63) is 100 Å². The van der Waals surface area contributed by atoms with Crippen LogP contribution in [0.2, 0.25) is 0 Å². The standard InChI is InChI=1S/C28H27N5O3/c1-3-35-25-14-21(10-11-22(25)15-27-32-28(34)36-33-27)24-16-26(31-17-30-24)29-13-12-19-8-9-20-6-4-5-7-23(20)18(19)2/h4-11,14,16-17H,3,12-13,15H2,1-2H3,(H,29,30,31)(H,32,33,34). The maximum Gasteiger partial charge on any atom is 0.438 e. The predicted molar refractivity (Wildman–Crippen MR) is 139 cm³/mol. The Balaban J connectivity index is 1.30. The minimum absolute atomic E-state index is 0.395. The second-order valence-electron chi connectivity index (χ2n) is 8.51. The molecule has 36 heavy (non-hydrogen) atoms. The number of anilines is 1. The number of ether oxygens (including phenoxy) is 1. The SMILES string of the molecule is CCOc1cc(-c2cc(NCCc3ccc4ccccc4c3C)ncn2)ccc1Cc1noc(=O)[nH]1. The Bertz CT molecular complexity index is 1560. The lowest BCUT2D eigenvalue weighted by Crippen LogP contribution is -2.07. The lowest BCUT2D eigenvalue weighted by molar-refractivity contribution is 0.336. The number of hydrogen-bond acceptors (Lipinski definition) is 7. The zero-order valence-electron chi connectivity index (χ0n) is 20.2. The number of H-pyrrole nitrogens is 1. The molecule has 182 valence electrons. The number of aromatic nitrogens is 4. The molecule has 5 rings (SSSR count). The summed E-state index contributed by atoms with van der Waals surface area (Å²) in [4.78, 5) is 22.7. The highest BCUT2D eigenvalue weighted by Crippen LogP contribution is 2.28. The van der Waals surface area contributed by atoms with E-state index in [2.05, 4.69) is 73.3 Å². The van der Waals surface area contributed by atoms with E-state index in [4.69, 9.17) is 4.74 Å². The quantitative estimate of drug-likeness (QED) is 0.308. The van der Waals surface area contributed by atoms with Crippen LogP contribution in [0.1, 0.15) is 29.4 Å². The van der Waals surface area contributed by atoms with Gasteiger partial charge in [-0.3, -0.25) is 9.51 Å². The van der Waals surface area contributed by atoms with Crippen LogP contribution in [0.15, 0.2) is 76.3 Å². The van der Waals surface area contributed by atoms with Gasteiger partial charge in [0.2, 0.25) is 0 Å². The molecule has 0 saturated heterocycles. The molecular formula is C28H27N5O3. The third-order valence-electron chi connectivity index (χ3n) is 6.18. The van der Waals surface area contributed by atoms with Crippen molar-refractivity contribution < 1.29 is 9.26 Å². The molecule has 0 bridgehead atoms. The number of nitrogens with zero attached hydrogens (tertiary/aromatic N) is 3. The van der Waals surface area contributed by atoms with Gasteiger partial charge in [0.15, 0.2) is 5.82 Å². The highest BCUT2D eigenvalue weighted by molar-refractivity contribution is 5.86. The Morgan fingerprint density at radius 2 is 1.89 bits per heavy atom. The highest BCUT2D eigenvalue weighted by atomic mass is 16.5. The number of benzene rings is 3. The average molecular weight is 482 g/mol. The number of fused-ring (bicyclic) bond motifs is 1. The maximum absolute atomic E-state index is 11.3. The molecule has 2 heterocycles. The summed E-state index contributed by atoms with van der Waals surface area (Å²) >= 11 is 0. The van der Waals surface area contributed by atoms with Gasteiger partial charge in [-0.1, -0.05) is 53.7 Å². The first-order valence-electron chi connectivity index (χ1n) is 11.9. The lowest BCUT2D eigenvalue weighted by atomic mass is 9.98. The fraction of sp³-hybridized carbons (Fsp3) is 0.214. The molecule has 8 nitrogen and oxygen atoms in total. The molecular weight excluding hydrogens is 454 g/mol. The largest absolute Gasteiger partial charge is 0.494 e. The van der Waals surface area contributed by atoms with Crippen LogP contribution < -0.4 is 15.8 Å². The Hall–Kier alpha value is -4.46. The molecule has 8 heteroatoms. The number of rotatable bonds is 9. The Morgan fingerprint density at radius 1 is 1.03 bits per heavy atom. The van der Waals surface area contributed by atoms with Crippen LogP contribution in [0.4, 0.5) is 5.82 Å². The molecule has 0 amide bonds. The molecule has 0 aliphatic rings. The van der Waals surface area contributed by atoms with Crippen LogP contribution in [0, 0.1) is 6.92 Å². The molecule has 0 atom stereocenters. The maximum atomic E-state index is 11.3. The first kappa shape index (κ1) is 23.3. The van der Waals surface area contributed by atoms with Crippen LogP contribution in [0.3, 0.4) is 0 Å². The van der Waals surface area contributed by atoms with Crippen molar-refractivity contribution in [2.24, 2.45) is 0 Å². The van der Waals surface area contributed by atoms with Crippen molar-refractivity contribution in [2.45, 2.75) is 26.7 Å². The molecule has 0 aliphatic heterocycles. The van der Waals surface area contributed by atoms with Crippen LogP contribution in [0.5, 0.6) is 5.75 Å². The highest BCUT2D eigenvalue weighted by Gasteiger charge is 2.12. The number of hydrogen-bond donors (Lipinski definition) is 2. The molecule has 0 fully saturated rings. The van der Waals surface area contributed by atoms with E-state index < -0.39 is 5.76 Å². The van der Waals surface area contributed by atoms with Gasteiger partial charge in [0, 0.05) is 30.2 Å². The van der Waals surface area contributed by atoms with E-state index in [1.807, 2.05) is 31.2 Å². The summed E-state index contributed by atoms with van der Waals surface area (Å²) in [6.45, 7) is 5.38. The van der Waals surface area contributed by atoms with E-state index >= 15 is 0 Å². The van der Waals surface area contributed by atoms with Gasteiger partial charge in [0.25, 0.3) is 0 Å². The summed E-state index contributed by atoms with van der Waals surface area (Å²) in [5.41, 5.74) is 5.23. The fourth-order valence-electron chi connectivity index (χ4n) is 4.35. The third kappa shape index (κ3) is 5.12. The van der Waals surface area contributed by atoms with Crippen molar-refractivity contribution in [3.8, 4) is 17.0 Å². The Kier molecular flexibility index (Phi) is 6.75. The van der Waals surface area contributed by atoms with E-state index in [0.717, 1.165) is 35.6 Å². The zero-order chi connectivity index (χ0) is 24.9. The van der Waals surface area contributed by atoms with Gasteiger partial charge in [-0.25, -0.2) is 14.8 Å². The first-order valence-corrected chi connectivity index (χ1v) is 11.9. The van der Waals surface area contributed by atoms with Crippen molar-refractivity contribution in [1.29, 1.82) is 0 Å². The van der Waals surface area contributed by atoms with Crippen LogP contribution in [-0.4, -0.2) is 33.3 Å². The molecule has 2 aromatic heterocycles. The van der Waals surface area contributed by atoms with E-state index in [1.165, 1.54) is 21.9 Å². The van der Waals surface area contributed by atoms with Crippen molar-refractivity contribution in [2.75, 3.05) is 18.5 Å². The van der Waals surface area contributed by atoms with Crippen LogP contribution in [0.25, 0.3) is 22.0 Å². The van der Waals surface area contributed by atoms with E-state index in [0.29, 0.717) is 24.6 Å². The smallest absolute Gasteiger partial charge is 0.438 e. The normalized spacial score (nSPS) is 11.1. The number of aryl methyl sites for hydroxylation is 1. The molecule has 3 aromatic carbocycles. The summed E-state index contributed by atoms with van der Waals surface area (Å²) in [5, 5.41) is 9.73. The van der Waals surface area contributed by atoms with Gasteiger partial charge in [-0.15, -0.1) is 0 Å². The monoisotopic (exact) mass is 481 g/mol. The molecule has 2 N–H and O–H groups in total. The Morgan fingerprint density at radius 3 is 2.72 bits per heavy atom. The van der Waals surface area contributed by atoms with E-state index in [9.17, 15) is 4.79 Å². The number of nitrogens with one attached hydrogen (secondary N) is 2. The molecule has 0 aliphatic carbocycles. The fourth-order valence-corrected chi connectivity index (χ4v) is 4.35. The lowest BCUT2D eigenvalue weighted by Gasteiger charge is -2.13. The van der Waals surface area contributed by atoms with E-state index in [-0.39, 0.29) is 0 Å². The second-order valence-corrected chi connectivity index (χ2v) is 8.51. The van der Waals surface area contributed by atoms with Crippen molar-refractivity contribution in [3.63, 3.8) is 0 Å². The molecule has 0 spiro atoms. The third-order valence-corrected chi connectivity index (χ3v) is 6.18. The summed E-state index contributed by atoms with van der Waals surface area (Å²) < 4.78 is 10.5. The number of aromatic amines is 1. The van der Waals surface area contributed by atoms with Crippen LogP contribution in [-0.2, 0) is 12.8 Å². The van der Waals surface area contributed by atoms with Gasteiger partial charge in [-0.05, 0) is 48.2 Å². The second kappa shape index (κ2) is 10.4. The van der Waals surface area contributed by atoms with Gasteiger partial charge in [0.05, 0.1) is 12.3 Å². The van der Waals surface area contributed by atoms with E-state index in [1.54, 1.807) is 6.33 Å². The summed E-state index contributed by atoms with van der Waals surface area (Å²) in [7, 11) is 0. The van der Waals surface area contributed by atoms with Gasteiger partial charge >= 0.3 is 5.76 Å². The minimum atomic E-state index is -0.573. The molecule has 0 radical (unpaired) electrons. The summed E-state index contributed by atoms with van der Waals surface area (Å²) in [6, 6.07) is 20.7. The minimum Gasteiger partial charge on any atom is -0.494 e. The van der Waals surface area contributed by atoms with Gasteiger partial charge in [0.1, 0.15) is 17.9 Å². The summed E-state index contributed by atoms with van der Waals surface area (Å²) in [6.07, 6.45) is 2.85. The topological polar surface area (TPSA) is 106 Å². The Labute approximate surface area is 208 Å².